The van der Waals surface area contributed by atoms with Crippen LogP contribution in [0, 0.1) is 13.8 Å². The van der Waals surface area contributed by atoms with Gasteiger partial charge in [0.15, 0.2) is 12.4 Å². The van der Waals surface area contributed by atoms with Gasteiger partial charge in [-0.2, -0.15) is 0 Å². The molecule has 2 aromatic carbocycles. The van der Waals surface area contributed by atoms with Crippen molar-refractivity contribution in [2.45, 2.75) is 46.1 Å². The second-order valence-electron chi connectivity index (χ2n) is 9.27. The number of rotatable bonds is 8. The fraction of sp³-hybridized carbons (Fsp3) is 0.321. The van der Waals surface area contributed by atoms with Gasteiger partial charge >= 0.3 is 5.97 Å². The second-order valence-corrected chi connectivity index (χ2v) is 9.27. The lowest BCUT2D eigenvalue weighted by Gasteiger charge is -2.23. The number of carbonyl (C=O) groups is 2. The first-order valence-corrected chi connectivity index (χ1v) is 11.5. The lowest BCUT2D eigenvalue weighted by molar-refractivity contribution is -0.146. The highest BCUT2D eigenvalue weighted by atomic mass is 16.5. The number of esters is 1. The van der Waals surface area contributed by atoms with E-state index >= 15 is 0 Å². The molecule has 4 rings (SSSR count). The first-order chi connectivity index (χ1) is 16.7. The van der Waals surface area contributed by atoms with Crippen molar-refractivity contribution in [3.8, 4) is 5.75 Å². The number of hydrogen-bond acceptors (Lipinski definition) is 7. The molecule has 0 fully saturated rings. The molecule has 0 bridgehead atoms. The lowest BCUT2D eigenvalue weighted by Crippen LogP contribution is -2.25. The summed E-state index contributed by atoms with van der Waals surface area (Å²) in [4.78, 5) is 26.9. The highest BCUT2D eigenvalue weighted by Gasteiger charge is 2.38. The van der Waals surface area contributed by atoms with Gasteiger partial charge in [-0.05, 0) is 43.2 Å². The summed E-state index contributed by atoms with van der Waals surface area (Å²) in [5.41, 5.74) is 5.32. The largest absolute Gasteiger partial charge is 0.489 e. The Morgan fingerprint density at radius 3 is 2.46 bits per heavy atom. The zero-order valence-corrected chi connectivity index (χ0v) is 20.8. The van der Waals surface area contributed by atoms with Crippen LogP contribution in [0.1, 0.15) is 42.0 Å². The summed E-state index contributed by atoms with van der Waals surface area (Å²) >= 11 is 0. The Kier molecular flexibility index (Phi) is 6.78. The first kappa shape index (κ1) is 24.3. The van der Waals surface area contributed by atoms with E-state index in [9.17, 15) is 9.59 Å². The summed E-state index contributed by atoms with van der Waals surface area (Å²) in [5.74, 6) is 0.709. The first-order valence-electron chi connectivity index (χ1n) is 11.5. The summed E-state index contributed by atoms with van der Waals surface area (Å²) < 4.78 is 16.2. The zero-order valence-electron chi connectivity index (χ0n) is 20.8. The highest BCUT2D eigenvalue weighted by Crippen LogP contribution is 2.46. The number of para-hydroxylation sites is 1. The van der Waals surface area contributed by atoms with E-state index in [0.717, 1.165) is 39.5 Å². The fourth-order valence-corrected chi connectivity index (χ4v) is 4.39. The molecule has 0 unspecified atom stereocenters. The van der Waals surface area contributed by atoms with Gasteiger partial charge in [0.2, 0.25) is 0 Å². The van der Waals surface area contributed by atoms with Crippen LogP contribution in [0.3, 0.4) is 0 Å². The minimum absolute atomic E-state index is 0.0742. The number of likely N-dealkylation sites (N-methyl/N-ethyl adjacent to an activating group) is 1. The normalized spacial score (nSPS) is 15.2. The maximum atomic E-state index is 12.6. The number of anilines is 1. The monoisotopic (exact) mass is 474 g/mol. The van der Waals surface area contributed by atoms with Crippen LogP contribution < -0.4 is 9.64 Å². The number of allylic oxidation sites excluding steroid dienone is 1. The summed E-state index contributed by atoms with van der Waals surface area (Å²) in [6, 6.07) is 15.3. The molecule has 182 valence electrons. The van der Waals surface area contributed by atoms with E-state index in [4.69, 9.17) is 14.0 Å². The zero-order chi connectivity index (χ0) is 25.2. The second kappa shape index (κ2) is 9.78. The lowest BCUT2D eigenvalue weighted by atomic mass is 9.83. The Hall–Kier alpha value is -3.87. The maximum absolute atomic E-state index is 12.6. The van der Waals surface area contributed by atoms with Crippen molar-refractivity contribution in [2.75, 3.05) is 18.6 Å². The van der Waals surface area contributed by atoms with Crippen LogP contribution in [-0.4, -0.2) is 30.6 Å². The van der Waals surface area contributed by atoms with Gasteiger partial charge < -0.3 is 18.9 Å². The predicted molar refractivity (Wildman–Crippen MR) is 132 cm³/mol. The van der Waals surface area contributed by atoms with Gasteiger partial charge in [0, 0.05) is 29.9 Å². The molecule has 3 aromatic rings. The van der Waals surface area contributed by atoms with Gasteiger partial charge in [-0.15, -0.1) is 0 Å². The van der Waals surface area contributed by atoms with Crippen LogP contribution >= 0.6 is 0 Å². The molecule has 2 heterocycles. The fourth-order valence-electron chi connectivity index (χ4n) is 4.39. The van der Waals surface area contributed by atoms with Crippen LogP contribution in [0.25, 0.3) is 0 Å². The quantitative estimate of drug-likeness (QED) is 0.341. The maximum Gasteiger partial charge on any atom is 0.310 e. The molecule has 0 radical (unpaired) electrons. The van der Waals surface area contributed by atoms with Crippen molar-refractivity contribution in [3.63, 3.8) is 0 Å². The number of fused-ring (bicyclic) bond motifs is 1. The van der Waals surface area contributed by atoms with E-state index in [-0.39, 0.29) is 24.2 Å². The molecule has 7 heteroatoms. The molecule has 0 N–H and O–H groups in total. The molecule has 0 spiro atoms. The van der Waals surface area contributed by atoms with Crippen LogP contribution in [0.15, 0.2) is 64.8 Å². The minimum atomic E-state index is -0.455. The molecule has 0 saturated carbocycles. The molecule has 7 nitrogen and oxygen atoms in total. The van der Waals surface area contributed by atoms with E-state index in [1.54, 1.807) is 30.3 Å². The molecule has 0 amide bonds. The molecule has 1 aliphatic heterocycles. The van der Waals surface area contributed by atoms with Crippen molar-refractivity contribution in [1.29, 1.82) is 0 Å². The summed E-state index contributed by atoms with van der Waals surface area (Å²) in [7, 11) is 1.94. The third-order valence-electron chi connectivity index (χ3n) is 6.45. The van der Waals surface area contributed by atoms with Crippen molar-refractivity contribution in [1.82, 2.24) is 5.16 Å². The van der Waals surface area contributed by atoms with Gasteiger partial charge in [-0.3, -0.25) is 9.59 Å². The van der Waals surface area contributed by atoms with Crippen molar-refractivity contribution >= 4 is 17.4 Å². The Bertz CT molecular complexity index is 1250. The molecule has 0 aliphatic carbocycles. The van der Waals surface area contributed by atoms with Gasteiger partial charge in [-0.1, -0.05) is 49.3 Å². The van der Waals surface area contributed by atoms with Crippen LogP contribution in [-0.2, 0) is 32.8 Å². The molecule has 35 heavy (non-hydrogen) atoms. The van der Waals surface area contributed by atoms with E-state index < -0.39 is 5.97 Å². The number of hydrogen-bond donors (Lipinski definition) is 0. The number of carbonyl (C=O) groups excluding carboxylic acids is 2. The predicted octanol–water partition coefficient (Wildman–Crippen LogP) is 4.84. The van der Waals surface area contributed by atoms with Crippen LogP contribution in [0.5, 0.6) is 5.75 Å². The summed E-state index contributed by atoms with van der Waals surface area (Å²) in [5, 5.41) is 3.92. The third kappa shape index (κ3) is 5.14. The number of ether oxygens (including phenoxy) is 2. The van der Waals surface area contributed by atoms with E-state index in [1.807, 2.05) is 44.0 Å². The smallest absolute Gasteiger partial charge is 0.310 e. The third-order valence-corrected chi connectivity index (χ3v) is 6.45. The van der Waals surface area contributed by atoms with Gasteiger partial charge in [0.1, 0.15) is 18.1 Å². The Labute approximate surface area is 205 Å². The van der Waals surface area contributed by atoms with Crippen molar-refractivity contribution in [3.05, 3.63) is 88.4 Å². The Balaban J connectivity index is 1.29. The molecule has 0 atom stereocenters. The minimum Gasteiger partial charge on any atom is -0.489 e. The molecular weight excluding hydrogens is 444 g/mol. The van der Waals surface area contributed by atoms with Crippen LogP contribution in [0.2, 0.25) is 0 Å². The van der Waals surface area contributed by atoms with Gasteiger partial charge in [0.05, 0.1) is 17.7 Å². The number of nitrogens with zero attached hydrogens (tertiary/aromatic N) is 2. The van der Waals surface area contributed by atoms with Gasteiger partial charge in [0.25, 0.3) is 0 Å². The molecule has 1 aromatic heterocycles. The standard InChI is InChI=1S/C28H30N2O5/c1-18-23(19(2)35-29-18)17-33-22-12-10-20(11-13-22)14-27(32)34-16-21(31)15-26-28(3,4)24-8-6-7-9-25(24)30(26)5/h6-13,15H,14,16-17H2,1-5H3/b26-15-. The Morgan fingerprint density at radius 1 is 1.09 bits per heavy atom. The van der Waals surface area contributed by atoms with Crippen LogP contribution in [0.4, 0.5) is 5.69 Å². The van der Waals surface area contributed by atoms with E-state index in [1.165, 1.54) is 0 Å². The van der Waals surface area contributed by atoms with E-state index in [2.05, 4.69) is 25.1 Å². The van der Waals surface area contributed by atoms with Gasteiger partial charge in [-0.25, -0.2) is 0 Å². The SMILES string of the molecule is Cc1noc(C)c1COc1ccc(CC(=O)OCC(=O)/C=C2\N(C)c3ccccc3C2(C)C)cc1. The number of benzene rings is 2. The average Bonchev–Trinajstić information content (AvgIpc) is 3.25. The van der Waals surface area contributed by atoms with Crippen molar-refractivity contribution < 1.29 is 23.6 Å². The molecule has 1 aliphatic rings. The molecule has 0 saturated heterocycles. The number of aromatic nitrogens is 1. The summed E-state index contributed by atoms with van der Waals surface area (Å²) in [6.45, 7) is 7.96. The average molecular weight is 475 g/mol. The number of aryl methyl sites for hydroxylation is 2. The summed E-state index contributed by atoms with van der Waals surface area (Å²) in [6.07, 6.45) is 1.66. The Morgan fingerprint density at radius 2 is 1.80 bits per heavy atom. The van der Waals surface area contributed by atoms with E-state index in [0.29, 0.717) is 12.4 Å². The van der Waals surface area contributed by atoms with Crippen molar-refractivity contribution in [2.24, 2.45) is 0 Å². The topological polar surface area (TPSA) is 81.9 Å². The number of ketones is 1. The molecular formula is C28H30N2O5. The highest BCUT2D eigenvalue weighted by molar-refractivity contribution is 5.94.